The molecule has 0 aliphatic carbocycles. The van der Waals surface area contributed by atoms with Crippen LogP contribution < -0.4 is 48.4 Å². The summed E-state index contributed by atoms with van der Waals surface area (Å²) in [5.74, 6) is -1.44. The number of urea groups is 1. The summed E-state index contributed by atoms with van der Waals surface area (Å²) in [5, 5.41) is 6.33. The maximum Gasteiger partial charge on any atom is 0.343 e. The van der Waals surface area contributed by atoms with E-state index < -0.39 is 27.9 Å². The normalized spacial score (nSPS) is 12.4. The Bertz CT molecular complexity index is 2320. The van der Waals surface area contributed by atoms with Crippen molar-refractivity contribution in [3.8, 4) is 0 Å². The van der Waals surface area contributed by atoms with E-state index in [2.05, 4.69) is 37.6 Å². The summed E-state index contributed by atoms with van der Waals surface area (Å²) >= 11 is 0. The summed E-state index contributed by atoms with van der Waals surface area (Å²) in [4.78, 5) is 71.1. The van der Waals surface area contributed by atoms with Crippen LogP contribution in [0.2, 0.25) is 0 Å². The van der Waals surface area contributed by atoms with Gasteiger partial charge in [0.05, 0.1) is 35.7 Å². The molecule has 1 fully saturated rings. The van der Waals surface area contributed by atoms with Gasteiger partial charge in [-0.15, -0.1) is 12.4 Å². The molecule has 0 atom stereocenters. The predicted octanol–water partition coefficient (Wildman–Crippen LogP) is 1.39. The number of benzene rings is 2. The third-order valence-corrected chi connectivity index (χ3v) is 11.7. The molecule has 0 spiro atoms. The number of nitrogens with one attached hydrogen (secondary N) is 4. The molecule has 2 aromatic carbocycles. The first-order chi connectivity index (χ1) is 29.8. The highest BCUT2D eigenvalue weighted by Gasteiger charge is 2.24. The number of nitrogens with zero attached hydrogens (tertiary/aromatic N) is 5. The van der Waals surface area contributed by atoms with Crippen molar-refractivity contribution in [3.05, 3.63) is 102 Å². The van der Waals surface area contributed by atoms with Crippen molar-refractivity contribution in [2.45, 2.75) is 64.3 Å². The van der Waals surface area contributed by atoms with Crippen molar-refractivity contribution < 1.29 is 54.1 Å². The van der Waals surface area contributed by atoms with Gasteiger partial charge < -0.3 is 38.4 Å². The monoisotopic (exact) mass is 942 g/mol. The van der Waals surface area contributed by atoms with Gasteiger partial charge in [-0.3, -0.25) is 34.2 Å². The van der Waals surface area contributed by atoms with Crippen LogP contribution in [0.1, 0.15) is 71.0 Å². The van der Waals surface area contributed by atoms with Crippen molar-refractivity contribution in [2.75, 3.05) is 66.3 Å². The molecule has 346 valence electrons. The molecule has 1 saturated heterocycles. The molecule has 1 aliphatic rings. The van der Waals surface area contributed by atoms with Crippen molar-refractivity contribution in [1.29, 1.82) is 0 Å². The van der Waals surface area contributed by atoms with Gasteiger partial charge in [0, 0.05) is 43.6 Å². The van der Waals surface area contributed by atoms with E-state index in [-0.39, 0.29) is 53.5 Å². The highest BCUT2D eigenvalue weighted by molar-refractivity contribution is 7.92. The number of pyridine rings is 2. The Morgan fingerprint density at radius 2 is 1.67 bits per heavy atom. The van der Waals surface area contributed by atoms with Gasteiger partial charge in [-0.1, -0.05) is 32.3 Å². The number of primary amides is 1. The molecule has 0 bridgehead atoms. The van der Waals surface area contributed by atoms with Crippen LogP contribution in [0.25, 0.3) is 0 Å². The van der Waals surface area contributed by atoms with E-state index in [1.54, 1.807) is 60.0 Å². The lowest BCUT2D eigenvalue weighted by atomic mass is 10.1. The first-order valence-electron chi connectivity index (χ1n) is 20.5. The Morgan fingerprint density at radius 3 is 2.33 bits per heavy atom. The van der Waals surface area contributed by atoms with E-state index >= 15 is 0 Å². The number of morpholine rings is 1. The molecule has 3 heterocycles. The maximum absolute atomic E-state index is 13.9. The fraction of sp³-hybridized carbons (Fsp3) is 0.372. The average Bonchev–Trinajstić information content (AvgIpc) is 3.26. The topological polar surface area (TPSA) is 229 Å². The molecule has 18 nitrogen and oxygen atoms in total. The number of carbonyl (C=O) groups excluding carboxylic acids is 5. The number of nitrogens with two attached hydrogens (primary N) is 1. The third-order valence-electron chi connectivity index (χ3n) is 10.1. The number of ether oxygens (including phenoxy) is 1. The number of aromatic nitrogens is 2. The molecule has 1 aliphatic heterocycles. The van der Waals surface area contributed by atoms with E-state index in [4.69, 9.17) is 10.5 Å². The number of amides is 6. The second-order valence-corrected chi connectivity index (χ2v) is 16.4. The number of hydrogen-bond acceptors (Lipinski definition) is 11. The van der Waals surface area contributed by atoms with Crippen molar-refractivity contribution >= 4 is 75.3 Å². The summed E-state index contributed by atoms with van der Waals surface area (Å²) in [7, 11) is -4.15. The number of halogens is 2. The quantitative estimate of drug-likeness (QED) is 0.0347. The van der Waals surface area contributed by atoms with Gasteiger partial charge in [0.25, 0.3) is 27.7 Å². The molecule has 4 aromatic rings. The molecular weight excluding hydrogens is 888 g/mol. The number of hydrogen-bond donors (Lipinski definition) is 5. The molecule has 6 amide bonds. The van der Waals surface area contributed by atoms with Gasteiger partial charge in [0.1, 0.15) is 11.3 Å². The van der Waals surface area contributed by atoms with E-state index in [0.29, 0.717) is 72.9 Å². The van der Waals surface area contributed by atoms with Crippen molar-refractivity contribution in [1.82, 2.24) is 20.2 Å². The smallest absolute Gasteiger partial charge is 0.343 e. The summed E-state index contributed by atoms with van der Waals surface area (Å²) < 4.78 is 36.8. The number of aryl methyl sites for hydroxylation is 1. The van der Waals surface area contributed by atoms with Crippen molar-refractivity contribution in [2.24, 2.45) is 5.73 Å². The Labute approximate surface area is 386 Å². The molecule has 2 aromatic heterocycles. The van der Waals surface area contributed by atoms with Crippen LogP contribution in [0.4, 0.5) is 27.5 Å². The van der Waals surface area contributed by atoms with Crippen LogP contribution >= 0.6 is 12.4 Å². The number of anilines is 4. The standard InChI is InChI=1S/C43H54N10O8S.2ClH/c1-4-5-6-7-22-52(36-16-17-37(41(44)56)46-27-36)42(57)33-10-8-20-51(28-33)29-39(55)47-40-31(2)11-18-38(32(40)3)62(59,60)49-35-14-12-34(13-15-35)48-53(30-54)43(58)45-19-9-21-50-23-25-61-26-24-50;;/h8,10-18,20,27-28,30H,4-7,9,19,21-26,29H2,1-3H3,(H5-,44,45,46,47,48,49,55,56,58);2*1H. The van der Waals surface area contributed by atoms with E-state index in [1.807, 2.05) is 0 Å². The summed E-state index contributed by atoms with van der Waals surface area (Å²) in [5.41, 5.74) is 10.8. The van der Waals surface area contributed by atoms with Crippen LogP contribution in [0, 0.1) is 13.8 Å². The Morgan fingerprint density at radius 1 is 0.953 bits per heavy atom. The fourth-order valence-electron chi connectivity index (χ4n) is 6.79. The highest BCUT2D eigenvalue weighted by Crippen LogP contribution is 2.29. The minimum Gasteiger partial charge on any atom is -1.00 e. The largest absolute Gasteiger partial charge is 1.00 e. The highest BCUT2D eigenvalue weighted by atomic mass is 35.5. The van der Waals surface area contributed by atoms with E-state index in [1.165, 1.54) is 42.6 Å². The molecule has 64 heavy (non-hydrogen) atoms. The molecule has 0 saturated carbocycles. The zero-order chi connectivity index (χ0) is 44.6. The van der Waals surface area contributed by atoms with E-state index in [0.717, 1.165) is 50.3 Å². The zero-order valence-electron chi connectivity index (χ0n) is 36.0. The number of hydrazine groups is 1. The van der Waals surface area contributed by atoms with Gasteiger partial charge in [-0.2, -0.15) is 9.58 Å². The first kappa shape index (κ1) is 52.5. The number of rotatable bonds is 21. The number of imide groups is 1. The van der Waals surface area contributed by atoms with Gasteiger partial charge in [-0.25, -0.2) is 18.2 Å². The second-order valence-electron chi connectivity index (χ2n) is 14.8. The molecule has 5 rings (SSSR count). The molecule has 21 heteroatoms. The van der Waals surface area contributed by atoms with Gasteiger partial charge in [0.2, 0.25) is 13.0 Å². The fourth-order valence-corrected chi connectivity index (χ4v) is 8.10. The van der Waals surface area contributed by atoms with Gasteiger partial charge in [0.15, 0.2) is 12.4 Å². The van der Waals surface area contributed by atoms with Gasteiger partial charge in [-0.05, 0) is 92.9 Å². The molecular formula is C43H56Cl2N10O8S. The average molecular weight is 944 g/mol. The lowest BCUT2D eigenvalue weighted by Crippen LogP contribution is -3.00. The van der Waals surface area contributed by atoms with Crippen molar-refractivity contribution in [3.63, 3.8) is 0 Å². The second kappa shape index (κ2) is 25.4. The minimum absolute atomic E-state index is 0. The van der Waals surface area contributed by atoms with Crippen LogP contribution in [0.15, 0.2) is 84.1 Å². The lowest BCUT2D eigenvalue weighted by Gasteiger charge is -2.26. The first-order valence-corrected chi connectivity index (χ1v) is 22.0. The third kappa shape index (κ3) is 14.9. The van der Waals surface area contributed by atoms with Crippen LogP contribution in [-0.2, 0) is 30.9 Å². The van der Waals surface area contributed by atoms with E-state index in [9.17, 15) is 32.4 Å². The number of unbranched alkanes of at least 4 members (excludes halogenated alkanes) is 3. The Balaban J connectivity index is 0.00000544. The van der Waals surface area contributed by atoms with Gasteiger partial charge >= 0.3 is 6.03 Å². The zero-order valence-corrected chi connectivity index (χ0v) is 38.4. The summed E-state index contributed by atoms with van der Waals surface area (Å²) in [6.45, 7) is 9.90. The Hall–Kier alpha value is -5.86. The number of sulfonamides is 1. The molecule has 0 radical (unpaired) electrons. The predicted molar refractivity (Wildman–Crippen MR) is 241 cm³/mol. The van der Waals surface area contributed by atoms with Crippen LogP contribution in [0.5, 0.6) is 0 Å². The molecule has 0 unspecified atom stereocenters. The molecule has 6 N–H and O–H groups in total. The summed E-state index contributed by atoms with van der Waals surface area (Å²) in [6, 6.07) is 14.8. The SMILES string of the molecule is CCCCCCN(C(=O)c1ccc[n+](CC(=O)Nc2c(C)ccc(S(=O)(=O)Nc3ccc(NN(C=O)C(=O)NCCCN4CCOCC4)cc3)c2C)c1)c1ccc(C(N)=O)nc1.Cl.[Cl-]. The lowest BCUT2D eigenvalue weighted by molar-refractivity contribution is -0.684. The maximum atomic E-state index is 13.9. The summed E-state index contributed by atoms with van der Waals surface area (Å²) in [6.07, 6.45) is 9.42. The van der Waals surface area contributed by atoms with Crippen LogP contribution in [0.3, 0.4) is 0 Å². The Kier molecular flexibility index (Phi) is 20.9. The minimum atomic E-state index is -4.15. The number of carbonyl (C=O) groups is 5. The van der Waals surface area contributed by atoms with Crippen LogP contribution in [-0.4, -0.2) is 99.4 Å².